The smallest absolute Gasteiger partial charge is 0.141 e. The van der Waals surface area contributed by atoms with Gasteiger partial charge in [-0.15, -0.1) is 0 Å². The summed E-state index contributed by atoms with van der Waals surface area (Å²) in [6, 6.07) is 28.9. The topological polar surface area (TPSA) is 67.6 Å². The standard InChI is InChI=1S/C27H19BrN4/c28-20-12-10-18(11-13-20)16-32-17-24(21-8-4-5-9-25(21)32)26-22(14-29)27(30)31-15-23(26)19-6-2-1-3-7-19/h1-13,15,17H,16H2,(H2,30,31). The van der Waals surface area contributed by atoms with Crippen molar-refractivity contribution in [2.24, 2.45) is 0 Å². The van der Waals surface area contributed by atoms with Gasteiger partial charge in [-0.1, -0.05) is 76.6 Å². The molecule has 0 fully saturated rings. The fourth-order valence-corrected chi connectivity index (χ4v) is 4.38. The maximum absolute atomic E-state index is 9.99. The van der Waals surface area contributed by atoms with Crippen LogP contribution in [-0.2, 0) is 6.54 Å². The van der Waals surface area contributed by atoms with E-state index in [-0.39, 0.29) is 5.82 Å². The van der Waals surface area contributed by atoms with Crippen molar-refractivity contribution in [3.8, 4) is 28.3 Å². The molecule has 5 aromatic rings. The number of pyridine rings is 1. The monoisotopic (exact) mass is 478 g/mol. The van der Waals surface area contributed by atoms with Crippen LogP contribution in [0.15, 0.2) is 95.7 Å². The highest BCUT2D eigenvalue weighted by Gasteiger charge is 2.20. The highest BCUT2D eigenvalue weighted by Crippen LogP contribution is 2.40. The van der Waals surface area contributed by atoms with E-state index in [1.165, 1.54) is 5.56 Å². The molecule has 5 heteroatoms. The van der Waals surface area contributed by atoms with Crippen LogP contribution < -0.4 is 5.73 Å². The van der Waals surface area contributed by atoms with Crippen LogP contribution in [-0.4, -0.2) is 9.55 Å². The lowest BCUT2D eigenvalue weighted by atomic mass is 9.92. The third kappa shape index (κ3) is 3.55. The number of benzene rings is 3. The summed E-state index contributed by atoms with van der Waals surface area (Å²) >= 11 is 3.50. The maximum Gasteiger partial charge on any atom is 0.141 e. The summed E-state index contributed by atoms with van der Waals surface area (Å²) in [6.45, 7) is 0.719. The molecule has 2 aromatic heterocycles. The van der Waals surface area contributed by atoms with Gasteiger partial charge in [-0.3, -0.25) is 0 Å². The van der Waals surface area contributed by atoms with Crippen molar-refractivity contribution in [1.82, 2.24) is 9.55 Å². The second kappa shape index (κ2) is 8.33. The molecule has 3 aromatic carbocycles. The highest BCUT2D eigenvalue weighted by atomic mass is 79.9. The molecule has 2 N–H and O–H groups in total. The molecule has 4 nitrogen and oxygen atoms in total. The molecule has 0 aliphatic rings. The van der Waals surface area contributed by atoms with Crippen molar-refractivity contribution in [3.05, 3.63) is 107 Å². The van der Waals surface area contributed by atoms with Crippen LogP contribution in [0.3, 0.4) is 0 Å². The Bertz CT molecular complexity index is 1460. The van der Waals surface area contributed by atoms with Gasteiger partial charge in [0, 0.05) is 51.0 Å². The van der Waals surface area contributed by atoms with E-state index in [4.69, 9.17) is 5.73 Å². The summed E-state index contributed by atoms with van der Waals surface area (Å²) in [6.07, 6.45) is 3.89. The summed E-state index contributed by atoms with van der Waals surface area (Å²) in [4.78, 5) is 4.32. The molecule has 32 heavy (non-hydrogen) atoms. The van der Waals surface area contributed by atoms with Crippen molar-refractivity contribution < 1.29 is 0 Å². The first-order chi connectivity index (χ1) is 15.7. The van der Waals surface area contributed by atoms with Crippen LogP contribution in [0.1, 0.15) is 11.1 Å². The number of nitrogen functional groups attached to an aromatic ring is 1. The van der Waals surface area contributed by atoms with Gasteiger partial charge in [0.25, 0.3) is 0 Å². The summed E-state index contributed by atoms with van der Waals surface area (Å²) in [5.41, 5.74) is 12.5. The number of para-hydroxylation sites is 1. The second-order valence-corrected chi connectivity index (χ2v) is 8.51. The number of hydrogen-bond donors (Lipinski definition) is 1. The quantitative estimate of drug-likeness (QED) is 0.314. The molecule has 0 unspecified atom stereocenters. The lowest BCUT2D eigenvalue weighted by molar-refractivity contribution is 0.837. The molecule has 0 spiro atoms. The van der Waals surface area contributed by atoms with Crippen molar-refractivity contribution in [2.75, 3.05) is 5.73 Å². The fraction of sp³-hybridized carbons (Fsp3) is 0.0370. The van der Waals surface area contributed by atoms with E-state index in [0.717, 1.165) is 44.2 Å². The Hall–Kier alpha value is -3.88. The minimum absolute atomic E-state index is 0.243. The highest BCUT2D eigenvalue weighted by molar-refractivity contribution is 9.10. The SMILES string of the molecule is N#Cc1c(N)ncc(-c2ccccc2)c1-c1cn(Cc2ccc(Br)cc2)c2ccccc12. The first kappa shape index (κ1) is 20.0. The molecule has 0 bridgehead atoms. The molecular weight excluding hydrogens is 460 g/mol. The minimum Gasteiger partial charge on any atom is -0.383 e. The lowest BCUT2D eigenvalue weighted by Crippen LogP contribution is -2.00. The van der Waals surface area contributed by atoms with E-state index < -0.39 is 0 Å². The Balaban J connectivity index is 1.77. The van der Waals surface area contributed by atoms with Crippen molar-refractivity contribution in [1.29, 1.82) is 5.26 Å². The van der Waals surface area contributed by atoms with Gasteiger partial charge in [0.2, 0.25) is 0 Å². The Morgan fingerprint density at radius 3 is 2.38 bits per heavy atom. The Labute approximate surface area is 194 Å². The molecule has 0 atom stereocenters. The molecule has 0 aliphatic heterocycles. The van der Waals surface area contributed by atoms with Gasteiger partial charge < -0.3 is 10.3 Å². The van der Waals surface area contributed by atoms with Crippen molar-refractivity contribution in [3.63, 3.8) is 0 Å². The van der Waals surface area contributed by atoms with Crippen molar-refractivity contribution >= 4 is 32.7 Å². The van der Waals surface area contributed by atoms with Gasteiger partial charge in [-0.25, -0.2) is 4.98 Å². The lowest BCUT2D eigenvalue weighted by Gasteiger charge is -2.12. The van der Waals surface area contributed by atoms with Crippen LogP contribution in [0.4, 0.5) is 5.82 Å². The molecule has 0 aliphatic carbocycles. The number of hydrogen-bond acceptors (Lipinski definition) is 3. The Kier molecular flexibility index (Phi) is 5.22. The van der Waals surface area contributed by atoms with Gasteiger partial charge >= 0.3 is 0 Å². The normalized spacial score (nSPS) is 10.9. The van der Waals surface area contributed by atoms with E-state index in [9.17, 15) is 5.26 Å². The zero-order valence-electron chi connectivity index (χ0n) is 17.2. The molecule has 0 amide bonds. The van der Waals surface area contributed by atoms with Gasteiger partial charge in [0.15, 0.2) is 0 Å². The number of aromatic nitrogens is 2. The van der Waals surface area contributed by atoms with Crippen molar-refractivity contribution in [2.45, 2.75) is 6.54 Å². The van der Waals surface area contributed by atoms with E-state index >= 15 is 0 Å². The number of rotatable bonds is 4. The third-order valence-corrected chi connectivity index (χ3v) is 6.16. The third-order valence-electron chi connectivity index (χ3n) is 5.63. The van der Waals surface area contributed by atoms with Gasteiger partial charge in [-0.2, -0.15) is 5.26 Å². The molecule has 154 valence electrons. The summed E-state index contributed by atoms with van der Waals surface area (Å²) in [5, 5.41) is 11.1. The van der Waals surface area contributed by atoms with Gasteiger partial charge in [-0.05, 0) is 29.3 Å². The second-order valence-electron chi connectivity index (χ2n) is 7.60. The summed E-state index contributed by atoms with van der Waals surface area (Å²) in [5.74, 6) is 0.243. The summed E-state index contributed by atoms with van der Waals surface area (Å²) < 4.78 is 3.28. The predicted octanol–water partition coefficient (Wildman–Crippen LogP) is 6.63. The minimum atomic E-state index is 0.243. The largest absolute Gasteiger partial charge is 0.383 e. The van der Waals surface area contributed by atoms with E-state index in [2.05, 4.69) is 62.0 Å². The number of fused-ring (bicyclic) bond motifs is 1. The fourth-order valence-electron chi connectivity index (χ4n) is 4.12. The van der Waals surface area contributed by atoms with Gasteiger partial charge in [0.1, 0.15) is 17.5 Å². The molecule has 0 radical (unpaired) electrons. The molecule has 2 heterocycles. The van der Waals surface area contributed by atoms with Crippen LogP contribution in [0.25, 0.3) is 33.2 Å². The first-order valence-electron chi connectivity index (χ1n) is 10.2. The number of nitrogens with two attached hydrogens (primary N) is 1. The molecular formula is C27H19BrN4. The zero-order valence-corrected chi connectivity index (χ0v) is 18.8. The predicted molar refractivity (Wildman–Crippen MR) is 133 cm³/mol. The van der Waals surface area contributed by atoms with E-state index in [0.29, 0.717) is 5.56 Å². The van der Waals surface area contributed by atoms with E-state index in [1.54, 1.807) is 6.20 Å². The maximum atomic E-state index is 9.99. The number of nitrogens with zero attached hydrogens (tertiary/aromatic N) is 3. The number of nitriles is 1. The Morgan fingerprint density at radius 1 is 0.906 bits per heavy atom. The molecule has 0 saturated carbocycles. The summed E-state index contributed by atoms with van der Waals surface area (Å²) in [7, 11) is 0. The molecule has 0 saturated heterocycles. The number of halogens is 1. The molecule has 5 rings (SSSR count). The Morgan fingerprint density at radius 2 is 1.62 bits per heavy atom. The average Bonchev–Trinajstić information content (AvgIpc) is 3.19. The first-order valence-corrected chi connectivity index (χ1v) is 11.0. The number of anilines is 1. The zero-order chi connectivity index (χ0) is 22.1. The average molecular weight is 479 g/mol. The van der Waals surface area contributed by atoms with Crippen LogP contribution in [0.5, 0.6) is 0 Å². The van der Waals surface area contributed by atoms with E-state index in [1.807, 2.05) is 54.6 Å². The van der Waals surface area contributed by atoms with Gasteiger partial charge in [0.05, 0.1) is 0 Å². The van der Waals surface area contributed by atoms with Crippen LogP contribution in [0.2, 0.25) is 0 Å². The van der Waals surface area contributed by atoms with Crippen LogP contribution >= 0.6 is 15.9 Å². The van der Waals surface area contributed by atoms with Crippen LogP contribution in [0, 0.1) is 11.3 Å².